The Balaban J connectivity index is 1.54. The van der Waals surface area contributed by atoms with Gasteiger partial charge in [0.25, 0.3) is 0 Å². The second-order valence-corrected chi connectivity index (χ2v) is 11.6. The fraction of sp³-hybridized carbons (Fsp3) is 0.304. The fourth-order valence-electron chi connectivity index (χ4n) is 4.54. The van der Waals surface area contributed by atoms with Crippen molar-refractivity contribution in [2.45, 2.75) is 23.8 Å². The van der Waals surface area contributed by atoms with Crippen molar-refractivity contribution in [3.8, 4) is 0 Å². The van der Waals surface area contributed by atoms with E-state index in [1.54, 1.807) is 17.6 Å². The number of methoxy groups -OCH3 is 1. The number of ether oxygens (including phenoxy) is 1. The van der Waals surface area contributed by atoms with Crippen LogP contribution in [0.5, 0.6) is 0 Å². The number of hydrogen-bond acceptors (Lipinski definition) is 9. The van der Waals surface area contributed by atoms with E-state index in [-0.39, 0.29) is 34.5 Å². The number of H-pyrrole nitrogens is 1. The second-order valence-electron chi connectivity index (χ2n) is 8.42. The molecule has 2 aliphatic heterocycles. The van der Waals surface area contributed by atoms with Gasteiger partial charge < -0.3 is 10.1 Å². The van der Waals surface area contributed by atoms with Crippen molar-refractivity contribution in [3.63, 3.8) is 0 Å². The van der Waals surface area contributed by atoms with Crippen LogP contribution in [0, 0.1) is 11.7 Å². The van der Waals surface area contributed by atoms with E-state index in [2.05, 4.69) is 20.5 Å². The molecule has 0 spiro atoms. The number of nitrogens with one attached hydrogen (secondary N) is 2. The van der Waals surface area contributed by atoms with E-state index in [4.69, 9.17) is 21.3 Å². The molecule has 2 aliphatic rings. The summed E-state index contributed by atoms with van der Waals surface area (Å²) in [5, 5.41) is 11.8. The van der Waals surface area contributed by atoms with Gasteiger partial charge in [-0.25, -0.2) is 22.6 Å². The number of aliphatic imine (C=N–C) groups is 1. The maximum atomic E-state index is 14.4. The summed E-state index contributed by atoms with van der Waals surface area (Å²) in [5.74, 6) is -1.09. The Morgan fingerprint density at radius 1 is 1.30 bits per heavy atom. The van der Waals surface area contributed by atoms with Gasteiger partial charge in [0.2, 0.25) is 10.0 Å². The minimum Gasteiger partial charge on any atom is -0.466 e. The predicted octanol–water partition coefficient (Wildman–Crippen LogP) is 3.28. The molecule has 0 saturated carbocycles. The minimum atomic E-state index is -3.70. The molecule has 0 unspecified atom stereocenters. The summed E-state index contributed by atoms with van der Waals surface area (Å²) in [5.41, 5.74) is 1.05. The van der Waals surface area contributed by atoms with Crippen molar-refractivity contribution in [3.05, 3.63) is 74.9 Å². The highest BCUT2D eigenvalue weighted by Gasteiger charge is 2.39. The van der Waals surface area contributed by atoms with Gasteiger partial charge in [-0.2, -0.15) is 9.40 Å². The number of amidine groups is 1. The standard InChI is InChI=1S/C23H22ClFN6O4S2/c1-35-23(32)17-19(13-5-8-31(9-6-13)37(33,34)14-11-27-28-12-14)29-21(22-26-7-10-36-22)30-20(17)15-3-2-4-16(25)18(15)24/h2-4,7,10-13,20H,5-6,8-9H2,1H3,(H,27,28)(H,29,30)/t20-/m1/s1. The molecule has 3 aromatic rings. The summed E-state index contributed by atoms with van der Waals surface area (Å²) >= 11 is 7.68. The van der Waals surface area contributed by atoms with Crippen molar-refractivity contribution in [2.24, 2.45) is 10.9 Å². The van der Waals surface area contributed by atoms with Crippen molar-refractivity contribution in [2.75, 3.05) is 20.2 Å². The molecule has 194 valence electrons. The number of hydrogen-bond donors (Lipinski definition) is 2. The highest BCUT2D eigenvalue weighted by atomic mass is 35.5. The van der Waals surface area contributed by atoms with Crippen LogP contribution < -0.4 is 5.32 Å². The first-order valence-corrected chi connectivity index (χ1v) is 14.0. The van der Waals surface area contributed by atoms with Gasteiger partial charge in [-0.05, 0) is 18.9 Å². The van der Waals surface area contributed by atoms with Crippen LogP contribution in [0.25, 0.3) is 0 Å². The molecule has 2 aromatic heterocycles. The van der Waals surface area contributed by atoms with E-state index in [9.17, 15) is 17.6 Å². The third kappa shape index (κ3) is 4.79. The van der Waals surface area contributed by atoms with Gasteiger partial charge in [-0.15, -0.1) is 11.3 Å². The number of allylic oxidation sites excluding steroid dienone is 1. The quantitative estimate of drug-likeness (QED) is 0.439. The number of sulfonamides is 1. The average molecular weight is 565 g/mol. The van der Waals surface area contributed by atoms with Crippen LogP contribution in [0.4, 0.5) is 4.39 Å². The Labute approximate surface area is 221 Å². The number of carbonyl (C=O) groups excluding carboxylic acids is 1. The number of rotatable bonds is 6. The zero-order valence-electron chi connectivity index (χ0n) is 19.5. The van der Waals surface area contributed by atoms with E-state index in [0.29, 0.717) is 34.9 Å². The topological polar surface area (TPSA) is 130 Å². The van der Waals surface area contributed by atoms with Gasteiger partial charge in [0.05, 0.1) is 23.9 Å². The summed E-state index contributed by atoms with van der Waals surface area (Å²) in [6.45, 7) is 0.458. The lowest BCUT2D eigenvalue weighted by Gasteiger charge is -2.36. The first-order valence-electron chi connectivity index (χ1n) is 11.3. The fourth-order valence-corrected chi connectivity index (χ4v) is 6.74. The van der Waals surface area contributed by atoms with Crippen LogP contribution in [0.3, 0.4) is 0 Å². The summed E-state index contributed by atoms with van der Waals surface area (Å²) in [6.07, 6.45) is 5.09. The maximum Gasteiger partial charge on any atom is 0.338 e. The lowest BCUT2D eigenvalue weighted by Crippen LogP contribution is -2.43. The smallest absolute Gasteiger partial charge is 0.338 e. The summed E-state index contributed by atoms with van der Waals surface area (Å²) in [7, 11) is -2.44. The van der Waals surface area contributed by atoms with Crippen molar-refractivity contribution in [1.29, 1.82) is 0 Å². The van der Waals surface area contributed by atoms with Gasteiger partial charge in [0.1, 0.15) is 16.8 Å². The molecular formula is C23H22ClFN6O4S2. The molecule has 0 aliphatic carbocycles. The summed E-state index contributed by atoms with van der Waals surface area (Å²) in [4.78, 5) is 22.2. The number of piperidine rings is 1. The Hall–Kier alpha value is -3.13. The number of nitrogens with zero attached hydrogens (tertiary/aromatic N) is 4. The van der Waals surface area contributed by atoms with Gasteiger partial charge in [-0.3, -0.25) is 10.1 Å². The lowest BCUT2D eigenvalue weighted by atomic mass is 9.86. The second kappa shape index (κ2) is 10.3. The molecule has 0 radical (unpaired) electrons. The molecule has 1 aromatic carbocycles. The number of halogens is 2. The highest BCUT2D eigenvalue weighted by molar-refractivity contribution is 7.89. The van der Waals surface area contributed by atoms with Crippen LogP contribution >= 0.6 is 22.9 Å². The van der Waals surface area contributed by atoms with E-state index in [1.165, 1.54) is 47.3 Å². The number of carbonyl (C=O) groups is 1. The Morgan fingerprint density at radius 2 is 2.08 bits per heavy atom. The van der Waals surface area contributed by atoms with Crippen molar-refractivity contribution < 1.29 is 22.3 Å². The molecule has 37 heavy (non-hydrogen) atoms. The van der Waals surface area contributed by atoms with Crippen LogP contribution in [-0.2, 0) is 19.6 Å². The molecule has 1 saturated heterocycles. The van der Waals surface area contributed by atoms with E-state index < -0.39 is 27.9 Å². The Bertz CT molecular complexity index is 1470. The highest BCUT2D eigenvalue weighted by Crippen LogP contribution is 2.40. The zero-order chi connectivity index (χ0) is 26.2. The van der Waals surface area contributed by atoms with Gasteiger partial charge in [0.15, 0.2) is 10.8 Å². The SMILES string of the molecule is COC(=O)C1=C(C2CCN(S(=O)(=O)c3cn[nH]c3)CC2)NC(c2nccs2)=N[C@@H]1c1cccc(F)c1Cl. The Kier molecular flexibility index (Phi) is 7.12. The molecule has 10 nitrogen and oxygen atoms in total. The molecule has 0 bridgehead atoms. The first-order chi connectivity index (χ1) is 17.8. The maximum absolute atomic E-state index is 14.4. The summed E-state index contributed by atoms with van der Waals surface area (Å²) in [6, 6.07) is 3.41. The van der Waals surface area contributed by atoms with Gasteiger partial charge in [0, 0.05) is 48.0 Å². The number of esters is 1. The van der Waals surface area contributed by atoms with Crippen LogP contribution in [0.1, 0.15) is 29.5 Å². The molecule has 1 fully saturated rings. The van der Waals surface area contributed by atoms with E-state index in [1.807, 2.05) is 0 Å². The zero-order valence-corrected chi connectivity index (χ0v) is 21.9. The molecule has 4 heterocycles. The van der Waals surface area contributed by atoms with Crippen LogP contribution in [0.15, 0.2) is 63.3 Å². The average Bonchev–Trinajstić information content (AvgIpc) is 3.64. The number of benzene rings is 1. The number of aromatic nitrogens is 3. The first kappa shape index (κ1) is 25.5. The normalized spacial score (nSPS) is 19.4. The van der Waals surface area contributed by atoms with Crippen molar-refractivity contribution >= 4 is 44.8 Å². The minimum absolute atomic E-state index is 0.0928. The number of aromatic amines is 1. The monoisotopic (exact) mass is 564 g/mol. The lowest BCUT2D eigenvalue weighted by molar-refractivity contribution is -0.136. The molecule has 1 atom stereocenters. The predicted molar refractivity (Wildman–Crippen MR) is 135 cm³/mol. The van der Waals surface area contributed by atoms with Crippen LogP contribution in [0.2, 0.25) is 5.02 Å². The molecule has 14 heteroatoms. The number of thiazole rings is 1. The third-order valence-corrected chi connectivity index (χ3v) is 9.41. The third-order valence-electron chi connectivity index (χ3n) is 6.36. The van der Waals surface area contributed by atoms with Gasteiger partial charge >= 0.3 is 5.97 Å². The largest absolute Gasteiger partial charge is 0.466 e. The molecule has 2 N–H and O–H groups in total. The molecule has 0 amide bonds. The summed E-state index contributed by atoms with van der Waals surface area (Å²) < 4.78 is 46.8. The van der Waals surface area contributed by atoms with E-state index >= 15 is 0 Å². The van der Waals surface area contributed by atoms with Crippen molar-refractivity contribution in [1.82, 2.24) is 24.8 Å². The molecule has 5 rings (SSSR count). The van der Waals surface area contributed by atoms with E-state index in [0.717, 1.165) is 0 Å². The van der Waals surface area contributed by atoms with Crippen LogP contribution in [-0.4, -0.2) is 59.9 Å². The van der Waals surface area contributed by atoms with Gasteiger partial charge in [-0.1, -0.05) is 23.7 Å². The molecular weight excluding hydrogens is 543 g/mol. The Morgan fingerprint density at radius 3 is 2.73 bits per heavy atom.